The van der Waals surface area contributed by atoms with Gasteiger partial charge in [0.1, 0.15) is 5.82 Å². The molecule has 2 aromatic rings. The molecule has 18 heavy (non-hydrogen) atoms. The van der Waals surface area contributed by atoms with Gasteiger partial charge in [-0.2, -0.15) is 0 Å². The van der Waals surface area contributed by atoms with Gasteiger partial charge in [-0.15, -0.1) is 0 Å². The first-order chi connectivity index (χ1) is 8.56. The largest absolute Gasteiger partial charge is 0.378 e. The number of benzene rings is 2. The summed E-state index contributed by atoms with van der Waals surface area (Å²) < 4.78 is 14.2. The average molecular weight is 376 g/mol. The van der Waals surface area contributed by atoms with E-state index in [-0.39, 0.29) is 11.9 Å². The molecule has 0 aliphatic rings. The molecule has 0 aliphatic carbocycles. The number of rotatable bonds is 3. The smallest absolute Gasteiger partial charge is 0.124 e. The van der Waals surface area contributed by atoms with Gasteiger partial charge >= 0.3 is 0 Å². The third kappa shape index (κ3) is 3.36. The number of anilines is 1. The highest BCUT2D eigenvalue weighted by molar-refractivity contribution is 14.1. The fourth-order valence-corrected chi connectivity index (χ4v) is 2.42. The molecule has 0 saturated heterocycles. The van der Waals surface area contributed by atoms with Gasteiger partial charge in [0, 0.05) is 20.3 Å². The Morgan fingerprint density at radius 2 is 1.83 bits per heavy atom. The third-order valence-corrected chi connectivity index (χ3v) is 3.70. The molecule has 0 bridgehead atoms. The van der Waals surface area contributed by atoms with Crippen LogP contribution >= 0.6 is 34.2 Å². The van der Waals surface area contributed by atoms with E-state index in [1.54, 1.807) is 6.07 Å². The summed E-state index contributed by atoms with van der Waals surface area (Å²) in [6, 6.07) is 12.6. The zero-order valence-electron chi connectivity index (χ0n) is 9.75. The number of hydrogen-bond donors (Lipinski definition) is 1. The van der Waals surface area contributed by atoms with E-state index < -0.39 is 0 Å². The zero-order chi connectivity index (χ0) is 13.1. The molecule has 0 aliphatic heterocycles. The van der Waals surface area contributed by atoms with Crippen LogP contribution in [-0.2, 0) is 0 Å². The Morgan fingerprint density at radius 3 is 2.44 bits per heavy atom. The highest BCUT2D eigenvalue weighted by Gasteiger charge is 2.10. The molecule has 1 atom stereocenters. The molecule has 2 rings (SSSR count). The van der Waals surface area contributed by atoms with Crippen LogP contribution in [0.3, 0.4) is 0 Å². The third-order valence-electron chi connectivity index (χ3n) is 2.66. The Labute approximate surface area is 124 Å². The summed E-state index contributed by atoms with van der Waals surface area (Å²) in [4.78, 5) is 0. The maximum Gasteiger partial charge on any atom is 0.124 e. The van der Waals surface area contributed by atoms with Gasteiger partial charge in [-0.1, -0.05) is 17.7 Å². The molecule has 2 aromatic carbocycles. The molecule has 94 valence electrons. The lowest BCUT2D eigenvalue weighted by Gasteiger charge is -2.17. The molecule has 0 amide bonds. The van der Waals surface area contributed by atoms with Gasteiger partial charge in [-0.25, -0.2) is 4.39 Å². The Balaban J connectivity index is 2.16. The first-order valence-corrected chi connectivity index (χ1v) is 6.99. The van der Waals surface area contributed by atoms with Gasteiger partial charge in [0.05, 0.1) is 0 Å². The standard InChI is InChI=1S/C14H12ClFIN/c1-9(13-7-2-10(16)8-14(13)15)18-12-5-3-11(17)4-6-12/h2-9,18H,1H3. The minimum absolute atomic E-state index is 0.0261. The molecule has 0 fully saturated rings. The second kappa shape index (κ2) is 5.89. The van der Waals surface area contributed by atoms with Gasteiger partial charge in [0.2, 0.25) is 0 Å². The van der Waals surface area contributed by atoms with Gasteiger partial charge in [-0.05, 0) is 71.5 Å². The molecule has 0 radical (unpaired) electrons. The van der Waals surface area contributed by atoms with Crippen LogP contribution in [-0.4, -0.2) is 0 Å². The summed E-state index contributed by atoms with van der Waals surface area (Å²) in [5.74, 6) is -0.315. The minimum atomic E-state index is -0.315. The van der Waals surface area contributed by atoms with Crippen molar-refractivity contribution in [2.24, 2.45) is 0 Å². The quantitative estimate of drug-likeness (QED) is 0.722. The zero-order valence-corrected chi connectivity index (χ0v) is 12.7. The van der Waals surface area contributed by atoms with Crippen molar-refractivity contribution in [1.29, 1.82) is 0 Å². The fourth-order valence-electron chi connectivity index (χ4n) is 1.73. The van der Waals surface area contributed by atoms with Crippen molar-refractivity contribution >= 4 is 39.9 Å². The summed E-state index contributed by atoms with van der Waals surface area (Å²) >= 11 is 8.29. The second-order valence-electron chi connectivity index (χ2n) is 4.04. The van der Waals surface area contributed by atoms with Crippen LogP contribution in [0.25, 0.3) is 0 Å². The highest BCUT2D eigenvalue weighted by atomic mass is 127. The van der Waals surface area contributed by atoms with Gasteiger partial charge < -0.3 is 5.32 Å². The molecule has 1 nitrogen and oxygen atoms in total. The van der Waals surface area contributed by atoms with E-state index in [1.165, 1.54) is 15.7 Å². The lowest BCUT2D eigenvalue weighted by Crippen LogP contribution is -2.07. The average Bonchev–Trinajstić information content (AvgIpc) is 2.32. The molecular weight excluding hydrogens is 364 g/mol. The fraction of sp³-hybridized carbons (Fsp3) is 0.143. The topological polar surface area (TPSA) is 12.0 Å². The van der Waals surface area contributed by atoms with Crippen LogP contribution in [0, 0.1) is 9.39 Å². The predicted molar refractivity (Wildman–Crippen MR) is 82.6 cm³/mol. The van der Waals surface area contributed by atoms with E-state index in [9.17, 15) is 4.39 Å². The van der Waals surface area contributed by atoms with Crippen LogP contribution < -0.4 is 5.32 Å². The SMILES string of the molecule is CC(Nc1ccc(I)cc1)c1ccc(F)cc1Cl. The van der Waals surface area contributed by atoms with Crippen molar-refractivity contribution in [3.05, 3.63) is 62.4 Å². The van der Waals surface area contributed by atoms with Crippen LogP contribution in [0.15, 0.2) is 42.5 Å². The Morgan fingerprint density at radius 1 is 1.17 bits per heavy atom. The van der Waals surface area contributed by atoms with Crippen LogP contribution in [0.1, 0.15) is 18.5 Å². The molecule has 1 N–H and O–H groups in total. The molecule has 1 unspecified atom stereocenters. The summed E-state index contributed by atoms with van der Waals surface area (Å²) in [5.41, 5.74) is 1.90. The monoisotopic (exact) mass is 375 g/mol. The minimum Gasteiger partial charge on any atom is -0.378 e. The summed E-state index contributed by atoms with van der Waals surface area (Å²) in [7, 11) is 0. The molecule has 0 spiro atoms. The lowest BCUT2D eigenvalue weighted by molar-refractivity contribution is 0.626. The van der Waals surface area contributed by atoms with E-state index >= 15 is 0 Å². The molecule has 0 heterocycles. The number of halogens is 3. The second-order valence-corrected chi connectivity index (χ2v) is 5.69. The van der Waals surface area contributed by atoms with Crippen molar-refractivity contribution in [2.45, 2.75) is 13.0 Å². The highest BCUT2D eigenvalue weighted by Crippen LogP contribution is 2.26. The summed E-state index contributed by atoms with van der Waals surface area (Å²) in [6.07, 6.45) is 0. The predicted octanol–water partition coefficient (Wildman–Crippen LogP) is 5.26. The number of nitrogens with one attached hydrogen (secondary N) is 1. The summed E-state index contributed by atoms with van der Waals surface area (Å²) in [5, 5.41) is 3.78. The Bertz CT molecular complexity index is 542. The van der Waals surface area contributed by atoms with Crippen LogP contribution in [0.5, 0.6) is 0 Å². The maximum atomic E-state index is 13.0. The van der Waals surface area contributed by atoms with Crippen molar-refractivity contribution in [3.8, 4) is 0 Å². The Kier molecular flexibility index (Phi) is 4.45. The summed E-state index contributed by atoms with van der Waals surface area (Å²) in [6.45, 7) is 2.00. The molecular formula is C14H12ClFIN. The lowest BCUT2D eigenvalue weighted by atomic mass is 10.1. The normalized spacial score (nSPS) is 12.2. The number of hydrogen-bond acceptors (Lipinski definition) is 1. The molecule has 4 heteroatoms. The van der Waals surface area contributed by atoms with Crippen molar-refractivity contribution < 1.29 is 4.39 Å². The van der Waals surface area contributed by atoms with E-state index in [1.807, 2.05) is 31.2 Å². The van der Waals surface area contributed by atoms with E-state index in [2.05, 4.69) is 27.9 Å². The first-order valence-electron chi connectivity index (χ1n) is 5.53. The van der Waals surface area contributed by atoms with E-state index in [0.29, 0.717) is 5.02 Å². The Hall–Kier alpha value is -0.810. The molecule has 0 saturated carbocycles. The van der Waals surface area contributed by atoms with Gasteiger partial charge in [0.25, 0.3) is 0 Å². The molecule has 0 aromatic heterocycles. The van der Waals surface area contributed by atoms with Crippen LogP contribution in [0.2, 0.25) is 5.02 Å². The van der Waals surface area contributed by atoms with Gasteiger partial charge in [-0.3, -0.25) is 0 Å². The van der Waals surface area contributed by atoms with Crippen molar-refractivity contribution in [2.75, 3.05) is 5.32 Å². The van der Waals surface area contributed by atoms with E-state index in [0.717, 1.165) is 11.3 Å². The van der Waals surface area contributed by atoms with E-state index in [4.69, 9.17) is 11.6 Å². The maximum absolute atomic E-state index is 13.0. The van der Waals surface area contributed by atoms with Crippen molar-refractivity contribution in [3.63, 3.8) is 0 Å². The van der Waals surface area contributed by atoms with Crippen LogP contribution in [0.4, 0.5) is 10.1 Å². The van der Waals surface area contributed by atoms with Gasteiger partial charge in [0.15, 0.2) is 0 Å². The first kappa shape index (κ1) is 13.6. The van der Waals surface area contributed by atoms with Crippen molar-refractivity contribution in [1.82, 2.24) is 0 Å².